The fraction of sp³-hybridized carbons (Fsp3) is 0.286. The summed E-state index contributed by atoms with van der Waals surface area (Å²) < 4.78 is 0. The van der Waals surface area contributed by atoms with Gasteiger partial charge in [-0.15, -0.1) is 0 Å². The van der Waals surface area contributed by atoms with Gasteiger partial charge in [-0.2, -0.15) is 0 Å². The van der Waals surface area contributed by atoms with E-state index >= 15 is 0 Å². The summed E-state index contributed by atoms with van der Waals surface area (Å²) in [6.07, 6.45) is 2.95. The summed E-state index contributed by atoms with van der Waals surface area (Å²) in [4.78, 5) is 24.3. The highest BCUT2D eigenvalue weighted by atomic mass is 32.1. The van der Waals surface area contributed by atoms with Crippen LogP contribution in [0.3, 0.4) is 0 Å². The van der Waals surface area contributed by atoms with Crippen LogP contribution in [-0.4, -0.2) is 23.5 Å². The maximum atomic E-state index is 12.5. The molecule has 0 bridgehead atoms. The first-order valence-corrected chi connectivity index (χ1v) is 9.53. The number of hydrogen-bond acceptors (Lipinski definition) is 3. The maximum absolute atomic E-state index is 12.5. The molecule has 0 aliphatic carbocycles. The molecule has 6 heteroatoms. The van der Waals surface area contributed by atoms with Crippen molar-refractivity contribution >= 4 is 34.8 Å². The van der Waals surface area contributed by atoms with Crippen LogP contribution in [0, 0.1) is 0 Å². The third kappa shape index (κ3) is 7.19. The van der Waals surface area contributed by atoms with Crippen molar-refractivity contribution < 1.29 is 9.59 Å². The molecule has 0 saturated carbocycles. The standard InChI is InChI=1S/C21H25N3O2S/c1-2-3-13-19(25)24-21(27)23-18-12-8-7-11-17(18)20(26)22-15-14-16-9-5-4-6-10-16/h4-12H,2-3,13-15H2,1H3,(H,22,26)(H2,23,24,25,27). The van der Waals surface area contributed by atoms with Crippen LogP contribution < -0.4 is 16.0 Å². The van der Waals surface area contributed by atoms with Crippen LogP contribution in [0.25, 0.3) is 0 Å². The Kier molecular flexibility index (Phi) is 8.45. The van der Waals surface area contributed by atoms with E-state index in [0.29, 0.717) is 24.2 Å². The van der Waals surface area contributed by atoms with Gasteiger partial charge in [0.05, 0.1) is 11.3 Å². The molecule has 2 aromatic rings. The fourth-order valence-electron chi connectivity index (χ4n) is 2.53. The van der Waals surface area contributed by atoms with Crippen molar-refractivity contribution in [1.82, 2.24) is 10.6 Å². The molecule has 0 unspecified atom stereocenters. The minimum atomic E-state index is -0.186. The van der Waals surface area contributed by atoms with Crippen LogP contribution in [0.15, 0.2) is 54.6 Å². The summed E-state index contributed by atoms with van der Waals surface area (Å²) in [5.41, 5.74) is 2.21. The number of anilines is 1. The van der Waals surface area contributed by atoms with Gasteiger partial charge in [-0.25, -0.2) is 0 Å². The second-order valence-corrected chi connectivity index (χ2v) is 6.55. The van der Waals surface area contributed by atoms with Gasteiger partial charge in [-0.05, 0) is 42.8 Å². The summed E-state index contributed by atoms with van der Waals surface area (Å²) in [6, 6.07) is 17.1. The minimum absolute atomic E-state index is 0.126. The maximum Gasteiger partial charge on any atom is 0.253 e. The first-order chi connectivity index (χ1) is 13.1. The zero-order valence-corrected chi connectivity index (χ0v) is 16.3. The Labute approximate surface area is 165 Å². The van der Waals surface area contributed by atoms with E-state index in [4.69, 9.17) is 12.2 Å². The molecule has 0 aliphatic rings. The lowest BCUT2D eigenvalue weighted by molar-refractivity contribution is -0.119. The average molecular weight is 384 g/mol. The third-order valence-corrected chi connectivity index (χ3v) is 4.18. The second kappa shape index (κ2) is 11.1. The topological polar surface area (TPSA) is 70.2 Å². The van der Waals surface area contributed by atoms with Crippen LogP contribution in [0.1, 0.15) is 42.1 Å². The molecule has 3 N–H and O–H groups in total. The summed E-state index contributed by atoms with van der Waals surface area (Å²) in [5, 5.41) is 8.70. The van der Waals surface area contributed by atoms with Gasteiger partial charge in [0, 0.05) is 13.0 Å². The van der Waals surface area contributed by atoms with Crippen LogP contribution in [-0.2, 0) is 11.2 Å². The molecule has 142 valence electrons. The van der Waals surface area contributed by atoms with Crippen molar-refractivity contribution in [2.24, 2.45) is 0 Å². The summed E-state index contributed by atoms with van der Waals surface area (Å²) in [7, 11) is 0. The number of unbranched alkanes of at least 4 members (excludes halogenated alkanes) is 1. The monoisotopic (exact) mass is 383 g/mol. The molecule has 2 rings (SSSR count). The highest BCUT2D eigenvalue weighted by Crippen LogP contribution is 2.15. The molecule has 0 spiro atoms. The zero-order valence-electron chi connectivity index (χ0n) is 15.5. The van der Waals surface area contributed by atoms with E-state index in [-0.39, 0.29) is 16.9 Å². The minimum Gasteiger partial charge on any atom is -0.352 e. The van der Waals surface area contributed by atoms with Crippen molar-refractivity contribution in [1.29, 1.82) is 0 Å². The smallest absolute Gasteiger partial charge is 0.253 e. The van der Waals surface area contributed by atoms with Crippen LogP contribution in [0.5, 0.6) is 0 Å². The Morgan fingerprint density at radius 1 is 1.00 bits per heavy atom. The normalized spacial score (nSPS) is 10.1. The Morgan fingerprint density at radius 3 is 2.44 bits per heavy atom. The van der Waals surface area contributed by atoms with Crippen molar-refractivity contribution in [3.8, 4) is 0 Å². The Hall–Kier alpha value is -2.73. The van der Waals surface area contributed by atoms with Gasteiger partial charge in [0.15, 0.2) is 5.11 Å². The number of thiocarbonyl (C=S) groups is 1. The van der Waals surface area contributed by atoms with Crippen molar-refractivity contribution in [3.05, 3.63) is 65.7 Å². The van der Waals surface area contributed by atoms with Gasteiger partial charge < -0.3 is 16.0 Å². The van der Waals surface area contributed by atoms with Crippen LogP contribution >= 0.6 is 12.2 Å². The van der Waals surface area contributed by atoms with E-state index < -0.39 is 0 Å². The molecule has 0 atom stereocenters. The number of benzene rings is 2. The predicted octanol–water partition coefficient (Wildman–Crippen LogP) is 3.66. The number of para-hydroxylation sites is 1. The van der Waals surface area contributed by atoms with E-state index in [1.807, 2.05) is 43.3 Å². The molecular weight excluding hydrogens is 358 g/mol. The van der Waals surface area contributed by atoms with Crippen LogP contribution in [0.4, 0.5) is 5.69 Å². The average Bonchev–Trinajstić information content (AvgIpc) is 2.67. The van der Waals surface area contributed by atoms with Gasteiger partial charge in [0.25, 0.3) is 5.91 Å². The lowest BCUT2D eigenvalue weighted by Crippen LogP contribution is -2.35. The number of hydrogen-bond donors (Lipinski definition) is 3. The number of carbonyl (C=O) groups is 2. The van der Waals surface area contributed by atoms with E-state index in [1.165, 1.54) is 5.56 Å². The second-order valence-electron chi connectivity index (χ2n) is 6.14. The molecule has 2 aromatic carbocycles. The molecule has 0 heterocycles. The van der Waals surface area contributed by atoms with Gasteiger partial charge in [0.2, 0.25) is 5.91 Å². The number of amides is 2. The number of carbonyl (C=O) groups excluding carboxylic acids is 2. The molecular formula is C21H25N3O2S. The summed E-state index contributed by atoms with van der Waals surface area (Å²) in [6.45, 7) is 2.56. The molecule has 0 fully saturated rings. The third-order valence-electron chi connectivity index (χ3n) is 3.97. The molecule has 2 amide bonds. The molecule has 27 heavy (non-hydrogen) atoms. The van der Waals surface area contributed by atoms with E-state index in [0.717, 1.165) is 19.3 Å². The molecule has 0 saturated heterocycles. The van der Waals surface area contributed by atoms with E-state index in [1.54, 1.807) is 18.2 Å². The number of rotatable bonds is 8. The Balaban J connectivity index is 1.90. The van der Waals surface area contributed by atoms with Crippen molar-refractivity contribution in [3.63, 3.8) is 0 Å². The van der Waals surface area contributed by atoms with Gasteiger partial charge in [-0.3, -0.25) is 9.59 Å². The van der Waals surface area contributed by atoms with E-state index in [9.17, 15) is 9.59 Å². The van der Waals surface area contributed by atoms with Crippen molar-refractivity contribution in [2.45, 2.75) is 32.6 Å². The van der Waals surface area contributed by atoms with Gasteiger partial charge >= 0.3 is 0 Å². The SMILES string of the molecule is CCCCC(=O)NC(=S)Nc1ccccc1C(=O)NCCc1ccccc1. The highest BCUT2D eigenvalue weighted by Gasteiger charge is 2.12. The Bertz CT molecular complexity index is 778. The number of nitrogens with one attached hydrogen (secondary N) is 3. The summed E-state index contributed by atoms with van der Waals surface area (Å²) in [5.74, 6) is -0.312. The van der Waals surface area contributed by atoms with Gasteiger partial charge in [-0.1, -0.05) is 55.8 Å². The predicted molar refractivity (Wildman–Crippen MR) is 113 cm³/mol. The lowest BCUT2D eigenvalue weighted by Gasteiger charge is -2.13. The molecule has 0 aliphatic heterocycles. The molecule has 5 nitrogen and oxygen atoms in total. The largest absolute Gasteiger partial charge is 0.352 e. The first-order valence-electron chi connectivity index (χ1n) is 9.12. The van der Waals surface area contributed by atoms with Crippen LogP contribution in [0.2, 0.25) is 0 Å². The van der Waals surface area contributed by atoms with Crippen molar-refractivity contribution in [2.75, 3.05) is 11.9 Å². The van der Waals surface area contributed by atoms with Gasteiger partial charge in [0.1, 0.15) is 0 Å². The quantitative estimate of drug-likeness (QED) is 0.609. The first kappa shape index (κ1) is 20.6. The molecule has 0 radical (unpaired) electrons. The van der Waals surface area contributed by atoms with E-state index in [2.05, 4.69) is 16.0 Å². The lowest BCUT2D eigenvalue weighted by atomic mass is 10.1. The highest BCUT2D eigenvalue weighted by molar-refractivity contribution is 7.80. The summed E-state index contributed by atoms with van der Waals surface area (Å²) >= 11 is 5.19. The Morgan fingerprint density at radius 2 is 1.70 bits per heavy atom. The fourth-order valence-corrected chi connectivity index (χ4v) is 2.75. The zero-order chi connectivity index (χ0) is 19.5. The molecule has 0 aromatic heterocycles.